The maximum Gasteiger partial charge on any atom is 0.265 e. The molecule has 0 aliphatic heterocycles. The minimum absolute atomic E-state index is 0.193. The molecule has 2 aromatic rings. The molecular formula is C19H23NO4. The summed E-state index contributed by atoms with van der Waals surface area (Å²) >= 11 is 0. The fourth-order valence-electron chi connectivity index (χ4n) is 2.19. The van der Waals surface area contributed by atoms with Gasteiger partial charge in [-0.2, -0.15) is 0 Å². The Morgan fingerprint density at radius 2 is 1.75 bits per heavy atom. The first-order valence-corrected chi connectivity index (χ1v) is 8.00. The maximum absolute atomic E-state index is 12.4. The van der Waals surface area contributed by atoms with Gasteiger partial charge in [0.2, 0.25) is 0 Å². The van der Waals surface area contributed by atoms with Gasteiger partial charge in [0.05, 0.1) is 13.7 Å². The number of ether oxygens (including phenoxy) is 3. The molecule has 1 atom stereocenters. The van der Waals surface area contributed by atoms with E-state index in [1.807, 2.05) is 32.0 Å². The molecule has 5 heteroatoms. The van der Waals surface area contributed by atoms with Crippen LogP contribution in [-0.2, 0) is 4.79 Å². The molecule has 24 heavy (non-hydrogen) atoms. The molecule has 0 aliphatic rings. The highest BCUT2D eigenvalue weighted by Crippen LogP contribution is 2.21. The van der Waals surface area contributed by atoms with Gasteiger partial charge in [0.1, 0.15) is 17.2 Å². The van der Waals surface area contributed by atoms with Gasteiger partial charge in [-0.1, -0.05) is 13.0 Å². The fraction of sp³-hybridized carbons (Fsp3) is 0.316. The lowest BCUT2D eigenvalue weighted by molar-refractivity contribution is -0.122. The van der Waals surface area contributed by atoms with Crippen molar-refractivity contribution in [3.05, 3.63) is 48.5 Å². The molecule has 0 spiro atoms. The molecule has 0 bridgehead atoms. The fourth-order valence-corrected chi connectivity index (χ4v) is 2.19. The average molecular weight is 329 g/mol. The van der Waals surface area contributed by atoms with Crippen molar-refractivity contribution in [3.63, 3.8) is 0 Å². The van der Waals surface area contributed by atoms with Crippen molar-refractivity contribution in [2.75, 3.05) is 19.0 Å². The van der Waals surface area contributed by atoms with E-state index in [2.05, 4.69) is 5.32 Å². The number of hydrogen-bond acceptors (Lipinski definition) is 4. The van der Waals surface area contributed by atoms with Crippen LogP contribution in [0.2, 0.25) is 0 Å². The lowest BCUT2D eigenvalue weighted by Crippen LogP contribution is -2.32. The van der Waals surface area contributed by atoms with Crippen LogP contribution >= 0.6 is 0 Å². The number of methoxy groups -OCH3 is 1. The highest BCUT2D eigenvalue weighted by molar-refractivity contribution is 5.94. The van der Waals surface area contributed by atoms with Crippen molar-refractivity contribution in [1.82, 2.24) is 0 Å². The van der Waals surface area contributed by atoms with Gasteiger partial charge < -0.3 is 19.5 Å². The Hall–Kier alpha value is -2.69. The minimum Gasteiger partial charge on any atom is -0.497 e. The molecule has 0 aliphatic carbocycles. The van der Waals surface area contributed by atoms with Gasteiger partial charge in [-0.05, 0) is 49.7 Å². The molecule has 0 heterocycles. The number of carbonyl (C=O) groups is 1. The van der Waals surface area contributed by atoms with Crippen LogP contribution in [-0.4, -0.2) is 25.7 Å². The largest absolute Gasteiger partial charge is 0.497 e. The lowest BCUT2D eigenvalue weighted by atomic mass is 10.2. The first-order valence-electron chi connectivity index (χ1n) is 8.00. The van der Waals surface area contributed by atoms with Crippen LogP contribution in [0, 0.1) is 0 Å². The Labute approximate surface area is 142 Å². The monoisotopic (exact) mass is 329 g/mol. The van der Waals surface area contributed by atoms with E-state index in [-0.39, 0.29) is 5.91 Å². The first kappa shape index (κ1) is 17.7. The summed E-state index contributed by atoms with van der Waals surface area (Å²) in [4.78, 5) is 12.4. The molecule has 0 radical (unpaired) electrons. The van der Waals surface area contributed by atoms with Crippen molar-refractivity contribution >= 4 is 11.6 Å². The van der Waals surface area contributed by atoms with Crippen LogP contribution < -0.4 is 19.5 Å². The molecule has 0 saturated carbocycles. The van der Waals surface area contributed by atoms with Crippen molar-refractivity contribution in [2.24, 2.45) is 0 Å². The van der Waals surface area contributed by atoms with Gasteiger partial charge in [0.25, 0.3) is 5.91 Å². The second kappa shape index (κ2) is 8.82. The Morgan fingerprint density at radius 1 is 1.04 bits per heavy atom. The molecule has 1 amide bonds. The topological polar surface area (TPSA) is 56.8 Å². The normalized spacial score (nSPS) is 11.5. The smallest absolute Gasteiger partial charge is 0.265 e. The highest BCUT2D eigenvalue weighted by Gasteiger charge is 2.18. The summed E-state index contributed by atoms with van der Waals surface area (Å²) in [6, 6.07) is 14.5. The number of rotatable bonds is 8. The summed E-state index contributed by atoms with van der Waals surface area (Å²) in [5.74, 6) is 1.90. The van der Waals surface area contributed by atoms with Crippen molar-refractivity contribution in [1.29, 1.82) is 0 Å². The number of nitrogens with one attached hydrogen (secondary N) is 1. The van der Waals surface area contributed by atoms with Gasteiger partial charge in [0.15, 0.2) is 6.10 Å². The van der Waals surface area contributed by atoms with E-state index in [0.29, 0.717) is 24.5 Å². The third-order valence-corrected chi connectivity index (χ3v) is 3.41. The molecular weight excluding hydrogens is 306 g/mol. The van der Waals surface area contributed by atoms with Gasteiger partial charge in [-0.15, -0.1) is 0 Å². The van der Waals surface area contributed by atoms with Crippen molar-refractivity contribution in [3.8, 4) is 17.2 Å². The van der Waals surface area contributed by atoms with Gasteiger partial charge in [0, 0.05) is 11.8 Å². The van der Waals surface area contributed by atoms with Gasteiger partial charge >= 0.3 is 0 Å². The molecule has 2 aromatic carbocycles. The number of amides is 1. The average Bonchev–Trinajstić information content (AvgIpc) is 2.60. The molecule has 1 N–H and O–H groups in total. The molecule has 0 fully saturated rings. The van der Waals surface area contributed by atoms with E-state index in [9.17, 15) is 4.79 Å². The van der Waals surface area contributed by atoms with E-state index < -0.39 is 6.10 Å². The molecule has 2 rings (SSSR count). The number of hydrogen-bond donors (Lipinski definition) is 1. The number of benzene rings is 2. The third-order valence-electron chi connectivity index (χ3n) is 3.41. The zero-order valence-electron chi connectivity index (χ0n) is 14.2. The molecule has 128 valence electrons. The third kappa shape index (κ3) is 4.91. The first-order chi connectivity index (χ1) is 11.7. The standard InChI is InChI=1S/C19H23NO4/c1-4-18(24-16-11-9-15(22-3)10-12-16)19(21)20-14-7-6-8-17(13-14)23-5-2/h6-13,18H,4-5H2,1-3H3,(H,20,21). The van der Waals surface area contributed by atoms with Crippen LogP contribution in [0.1, 0.15) is 20.3 Å². The van der Waals surface area contributed by atoms with E-state index in [0.717, 1.165) is 11.5 Å². The van der Waals surface area contributed by atoms with Crippen LogP contribution in [0.4, 0.5) is 5.69 Å². The Balaban J connectivity index is 2.01. The zero-order valence-corrected chi connectivity index (χ0v) is 14.2. The van der Waals surface area contributed by atoms with Crippen molar-refractivity contribution < 1.29 is 19.0 Å². The van der Waals surface area contributed by atoms with Crippen LogP contribution in [0.25, 0.3) is 0 Å². The van der Waals surface area contributed by atoms with E-state index in [4.69, 9.17) is 14.2 Å². The molecule has 5 nitrogen and oxygen atoms in total. The summed E-state index contributed by atoms with van der Waals surface area (Å²) in [5, 5.41) is 2.87. The van der Waals surface area contributed by atoms with Crippen LogP contribution in [0.3, 0.4) is 0 Å². The van der Waals surface area contributed by atoms with E-state index >= 15 is 0 Å². The summed E-state index contributed by atoms with van der Waals surface area (Å²) in [6.45, 7) is 4.40. The van der Waals surface area contributed by atoms with Crippen LogP contribution in [0.5, 0.6) is 17.2 Å². The summed E-state index contributed by atoms with van der Waals surface area (Å²) < 4.78 is 16.3. The number of anilines is 1. The van der Waals surface area contributed by atoms with Crippen LogP contribution in [0.15, 0.2) is 48.5 Å². The summed E-state index contributed by atoms with van der Waals surface area (Å²) in [7, 11) is 1.61. The van der Waals surface area contributed by atoms with Crippen molar-refractivity contribution in [2.45, 2.75) is 26.4 Å². The predicted octanol–water partition coefficient (Wildman–Crippen LogP) is 3.89. The zero-order chi connectivity index (χ0) is 17.4. The second-order valence-electron chi connectivity index (χ2n) is 5.14. The molecule has 0 aromatic heterocycles. The summed E-state index contributed by atoms with van der Waals surface area (Å²) in [6.07, 6.45) is -0.0163. The van der Waals surface area contributed by atoms with Gasteiger partial charge in [-0.3, -0.25) is 4.79 Å². The summed E-state index contributed by atoms with van der Waals surface area (Å²) in [5.41, 5.74) is 0.683. The number of carbonyl (C=O) groups excluding carboxylic acids is 1. The second-order valence-corrected chi connectivity index (χ2v) is 5.14. The minimum atomic E-state index is -0.575. The van der Waals surface area contributed by atoms with Gasteiger partial charge in [-0.25, -0.2) is 0 Å². The Bertz CT molecular complexity index is 655. The maximum atomic E-state index is 12.4. The predicted molar refractivity (Wildman–Crippen MR) is 93.9 cm³/mol. The van der Waals surface area contributed by atoms with E-state index in [1.54, 1.807) is 37.4 Å². The molecule has 0 saturated heterocycles. The Kier molecular flexibility index (Phi) is 6.49. The molecule has 1 unspecified atom stereocenters. The highest BCUT2D eigenvalue weighted by atomic mass is 16.5. The Morgan fingerprint density at radius 3 is 2.38 bits per heavy atom. The lowest BCUT2D eigenvalue weighted by Gasteiger charge is -2.17. The SMILES string of the molecule is CCOc1cccc(NC(=O)C(CC)Oc2ccc(OC)cc2)c1. The van der Waals surface area contributed by atoms with E-state index in [1.165, 1.54) is 0 Å². The quantitative estimate of drug-likeness (QED) is 0.798.